The van der Waals surface area contributed by atoms with Gasteiger partial charge in [-0.1, -0.05) is 0 Å². The molecule has 19 heavy (non-hydrogen) atoms. The number of hydrogen-bond acceptors (Lipinski definition) is 4. The van der Waals surface area contributed by atoms with Crippen molar-refractivity contribution >= 4 is 17.9 Å². The van der Waals surface area contributed by atoms with E-state index in [2.05, 4.69) is 0 Å². The quantitative estimate of drug-likeness (QED) is 0.554. The highest BCUT2D eigenvalue weighted by Gasteiger charge is 2.45. The molecule has 0 bridgehead atoms. The highest BCUT2D eigenvalue weighted by molar-refractivity contribution is 6.04. The summed E-state index contributed by atoms with van der Waals surface area (Å²) < 4.78 is 5.11. The van der Waals surface area contributed by atoms with E-state index >= 15 is 0 Å². The van der Waals surface area contributed by atoms with Gasteiger partial charge in [0.15, 0.2) is 0 Å². The standard InChI is InChI=1S/C12H18N2O5/c15-10(16)4-7-19-8-6-14-11(17)9-3-1-2-5-13(9)12(14)18/h9H,1-8H2,(H,15,16). The Morgan fingerprint density at radius 3 is 2.79 bits per heavy atom. The lowest BCUT2D eigenvalue weighted by atomic mass is 10.0. The van der Waals surface area contributed by atoms with Gasteiger partial charge in [-0.25, -0.2) is 4.79 Å². The van der Waals surface area contributed by atoms with Gasteiger partial charge >= 0.3 is 12.0 Å². The third-order valence-electron chi connectivity index (χ3n) is 3.45. The van der Waals surface area contributed by atoms with Gasteiger partial charge in [0.25, 0.3) is 5.91 Å². The van der Waals surface area contributed by atoms with E-state index in [4.69, 9.17) is 9.84 Å². The molecule has 0 aromatic carbocycles. The van der Waals surface area contributed by atoms with Crippen molar-refractivity contribution in [3.63, 3.8) is 0 Å². The molecule has 2 saturated heterocycles. The fourth-order valence-corrected chi connectivity index (χ4v) is 2.47. The van der Waals surface area contributed by atoms with E-state index in [0.717, 1.165) is 19.3 Å². The Kier molecular flexibility index (Phi) is 4.36. The molecule has 2 aliphatic heterocycles. The average Bonchev–Trinajstić information content (AvgIpc) is 2.63. The molecule has 1 N–H and O–H groups in total. The number of nitrogens with zero attached hydrogens (tertiary/aromatic N) is 2. The summed E-state index contributed by atoms with van der Waals surface area (Å²) in [6.45, 7) is 1.12. The summed E-state index contributed by atoms with van der Waals surface area (Å²) in [6, 6.07) is -0.531. The van der Waals surface area contributed by atoms with Gasteiger partial charge in [-0.2, -0.15) is 0 Å². The zero-order chi connectivity index (χ0) is 13.8. The first-order chi connectivity index (χ1) is 9.11. The monoisotopic (exact) mass is 270 g/mol. The lowest BCUT2D eigenvalue weighted by molar-refractivity contribution is -0.138. The fraction of sp³-hybridized carbons (Fsp3) is 0.750. The molecule has 1 atom stereocenters. The van der Waals surface area contributed by atoms with Crippen LogP contribution in [0.25, 0.3) is 0 Å². The minimum Gasteiger partial charge on any atom is -0.481 e. The molecule has 0 aromatic heterocycles. The van der Waals surface area contributed by atoms with Crippen molar-refractivity contribution in [2.45, 2.75) is 31.7 Å². The highest BCUT2D eigenvalue weighted by Crippen LogP contribution is 2.26. The molecular weight excluding hydrogens is 252 g/mol. The first kappa shape index (κ1) is 13.8. The molecule has 7 nitrogen and oxygen atoms in total. The summed E-state index contributed by atoms with van der Waals surface area (Å²) in [7, 11) is 0. The molecule has 2 rings (SSSR count). The van der Waals surface area contributed by atoms with Crippen LogP contribution in [0.5, 0.6) is 0 Å². The van der Waals surface area contributed by atoms with E-state index in [0.29, 0.717) is 6.54 Å². The molecule has 106 valence electrons. The van der Waals surface area contributed by atoms with Crippen LogP contribution in [0.4, 0.5) is 4.79 Å². The number of carbonyl (C=O) groups is 3. The first-order valence-corrected chi connectivity index (χ1v) is 6.53. The topological polar surface area (TPSA) is 87.2 Å². The molecule has 0 saturated carbocycles. The fourth-order valence-electron chi connectivity index (χ4n) is 2.47. The predicted octanol–water partition coefficient (Wildman–Crippen LogP) is 0.294. The van der Waals surface area contributed by atoms with Gasteiger partial charge in [-0.15, -0.1) is 0 Å². The van der Waals surface area contributed by atoms with Crippen molar-refractivity contribution in [1.29, 1.82) is 0 Å². The van der Waals surface area contributed by atoms with E-state index in [1.54, 1.807) is 4.90 Å². The Labute approximate surface area is 111 Å². The minimum absolute atomic E-state index is 0.0728. The van der Waals surface area contributed by atoms with Crippen molar-refractivity contribution in [3.8, 4) is 0 Å². The van der Waals surface area contributed by atoms with Crippen LogP contribution in [0.3, 0.4) is 0 Å². The van der Waals surface area contributed by atoms with Crippen LogP contribution in [0.15, 0.2) is 0 Å². The van der Waals surface area contributed by atoms with E-state index in [1.807, 2.05) is 0 Å². The molecule has 0 radical (unpaired) electrons. The lowest BCUT2D eigenvalue weighted by Crippen LogP contribution is -2.39. The van der Waals surface area contributed by atoms with Gasteiger partial charge in [0, 0.05) is 6.54 Å². The van der Waals surface area contributed by atoms with Crippen LogP contribution in [0.1, 0.15) is 25.7 Å². The maximum Gasteiger partial charge on any atom is 0.327 e. The SMILES string of the molecule is O=C(O)CCOCCN1C(=O)C2CCCCN2C1=O. The number of imide groups is 1. The molecule has 2 aliphatic rings. The molecule has 0 aromatic rings. The predicted molar refractivity (Wildman–Crippen MR) is 64.5 cm³/mol. The van der Waals surface area contributed by atoms with E-state index in [-0.39, 0.29) is 44.2 Å². The highest BCUT2D eigenvalue weighted by atomic mass is 16.5. The second-order valence-electron chi connectivity index (χ2n) is 4.73. The summed E-state index contributed by atoms with van der Waals surface area (Å²) >= 11 is 0. The molecular formula is C12H18N2O5. The van der Waals surface area contributed by atoms with Crippen LogP contribution in [-0.2, 0) is 14.3 Å². The number of ether oxygens (including phenoxy) is 1. The summed E-state index contributed by atoms with van der Waals surface area (Å²) in [5, 5.41) is 8.44. The number of piperidine rings is 1. The zero-order valence-corrected chi connectivity index (χ0v) is 10.7. The van der Waals surface area contributed by atoms with Crippen molar-refractivity contribution in [1.82, 2.24) is 9.80 Å². The van der Waals surface area contributed by atoms with Crippen LogP contribution >= 0.6 is 0 Å². The second kappa shape index (κ2) is 6.01. The van der Waals surface area contributed by atoms with E-state index in [1.165, 1.54) is 4.90 Å². The Hall–Kier alpha value is -1.63. The van der Waals surface area contributed by atoms with Gasteiger partial charge in [0.2, 0.25) is 0 Å². The number of urea groups is 1. The Morgan fingerprint density at radius 2 is 2.11 bits per heavy atom. The number of carboxylic acids is 1. The number of carboxylic acid groups (broad SMARTS) is 1. The number of carbonyl (C=O) groups excluding carboxylic acids is 2. The maximum atomic E-state index is 12.0. The van der Waals surface area contributed by atoms with Crippen LogP contribution in [0.2, 0.25) is 0 Å². The average molecular weight is 270 g/mol. The Bertz CT molecular complexity index is 360. The van der Waals surface area contributed by atoms with Gasteiger partial charge in [-0.05, 0) is 19.3 Å². The number of aliphatic carboxylic acids is 1. The smallest absolute Gasteiger partial charge is 0.327 e. The largest absolute Gasteiger partial charge is 0.481 e. The number of hydrogen-bond donors (Lipinski definition) is 1. The third kappa shape index (κ3) is 3.04. The van der Waals surface area contributed by atoms with E-state index in [9.17, 15) is 14.4 Å². The van der Waals surface area contributed by atoms with Crippen molar-refractivity contribution in [3.05, 3.63) is 0 Å². The van der Waals surface area contributed by atoms with Crippen molar-refractivity contribution < 1.29 is 24.2 Å². The lowest BCUT2D eigenvalue weighted by Gasteiger charge is -2.26. The molecule has 3 amide bonds. The maximum absolute atomic E-state index is 12.0. The Morgan fingerprint density at radius 1 is 1.32 bits per heavy atom. The third-order valence-corrected chi connectivity index (χ3v) is 3.45. The first-order valence-electron chi connectivity index (χ1n) is 6.53. The Balaban J connectivity index is 1.78. The molecule has 0 spiro atoms. The number of rotatable bonds is 6. The van der Waals surface area contributed by atoms with Crippen LogP contribution in [-0.4, -0.2) is 65.2 Å². The summed E-state index contributed by atoms with van der Waals surface area (Å²) in [4.78, 5) is 37.2. The van der Waals surface area contributed by atoms with Gasteiger partial charge < -0.3 is 14.7 Å². The summed E-state index contributed by atoms with van der Waals surface area (Å²) in [5.41, 5.74) is 0. The summed E-state index contributed by atoms with van der Waals surface area (Å²) in [6.07, 6.45) is 2.58. The van der Waals surface area contributed by atoms with Gasteiger partial charge in [0.1, 0.15) is 6.04 Å². The van der Waals surface area contributed by atoms with Gasteiger partial charge in [0.05, 0.1) is 26.2 Å². The van der Waals surface area contributed by atoms with Crippen molar-refractivity contribution in [2.24, 2.45) is 0 Å². The summed E-state index contributed by atoms with van der Waals surface area (Å²) in [5.74, 6) is -1.07. The molecule has 2 heterocycles. The van der Waals surface area contributed by atoms with Crippen LogP contribution < -0.4 is 0 Å². The molecule has 1 unspecified atom stereocenters. The number of fused-ring (bicyclic) bond motifs is 1. The second-order valence-corrected chi connectivity index (χ2v) is 4.73. The molecule has 7 heteroatoms. The minimum atomic E-state index is -0.926. The van der Waals surface area contributed by atoms with E-state index < -0.39 is 5.97 Å². The number of amides is 3. The normalized spacial score (nSPS) is 22.8. The zero-order valence-electron chi connectivity index (χ0n) is 10.7. The molecule has 0 aliphatic carbocycles. The van der Waals surface area contributed by atoms with Gasteiger partial charge in [-0.3, -0.25) is 14.5 Å². The van der Waals surface area contributed by atoms with Crippen molar-refractivity contribution in [2.75, 3.05) is 26.3 Å². The molecule has 2 fully saturated rings. The van der Waals surface area contributed by atoms with Crippen LogP contribution in [0, 0.1) is 0 Å².